The summed E-state index contributed by atoms with van der Waals surface area (Å²) in [6.07, 6.45) is 2.18. The average Bonchev–Trinajstić information content (AvgIpc) is 3.43. The van der Waals surface area contributed by atoms with Gasteiger partial charge in [-0.3, -0.25) is 9.59 Å². The summed E-state index contributed by atoms with van der Waals surface area (Å²) in [6, 6.07) is 16.0. The molecule has 0 radical (unpaired) electrons. The van der Waals surface area contributed by atoms with E-state index in [4.69, 9.17) is 4.52 Å². The van der Waals surface area contributed by atoms with Gasteiger partial charge in [0.25, 0.3) is 5.91 Å². The van der Waals surface area contributed by atoms with E-state index in [1.807, 2.05) is 12.1 Å². The van der Waals surface area contributed by atoms with Crippen LogP contribution in [0.1, 0.15) is 35.0 Å². The molecule has 0 aliphatic heterocycles. The molecule has 1 fully saturated rings. The SMILES string of the molecule is O=C(CNC(=O)c1ccccc1)Nc1cccc(-c2noc(C3CC3)n2)c1. The van der Waals surface area contributed by atoms with Gasteiger partial charge < -0.3 is 15.2 Å². The van der Waals surface area contributed by atoms with Crippen molar-refractivity contribution in [3.8, 4) is 11.4 Å². The van der Waals surface area contributed by atoms with Gasteiger partial charge in [0.15, 0.2) is 0 Å². The van der Waals surface area contributed by atoms with Crippen molar-refractivity contribution in [1.29, 1.82) is 0 Å². The van der Waals surface area contributed by atoms with Crippen molar-refractivity contribution < 1.29 is 14.1 Å². The Kier molecular flexibility index (Phi) is 4.65. The second-order valence-electron chi connectivity index (χ2n) is 6.41. The van der Waals surface area contributed by atoms with E-state index < -0.39 is 0 Å². The maximum atomic E-state index is 12.1. The molecule has 0 spiro atoms. The molecule has 1 aliphatic carbocycles. The summed E-state index contributed by atoms with van der Waals surface area (Å²) in [6.45, 7) is -0.119. The van der Waals surface area contributed by atoms with Gasteiger partial charge in [-0.1, -0.05) is 35.5 Å². The summed E-state index contributed by atoms with van der Waals surface area (Å²) in [5.41, 5.74) is 1.87. The number of carbonyl (C=O) groups excluding carboxylic acids is 2. The molecule has 2 N–H and O–H groups in total. The minimum absolute atomic E-state index is 0.119. The molecule has 2 amide bonds. The van der Waals surface area contributed by atoms with E-state index >= 15 is 0 Å². The van der Waals surface area contributed by atoms with Crippen LogP contribution in [-0.4, -0.2) is 28.5 Å². The Morgan fingerprint density at radius 3 is 2.67 bits per heavy atom. The Morgan fingerprint density at radius 2 is 1.89 bits per heavy atom. The van der Waals surface area contributed by atoms with Crippen LogP contribution in [-0.2, 0) is 4.79 Å². The lowest BCUT2D eigenvalue weighted by Crippen LogP contribution is -2.32. The summed E-state index contributed by atoms with van der Waals surface area (Å²) in [7, 11) is 0. The van der Waals surface area contributed by atoms with Crippen LogP contribution in [0.15, 0.2) is 59.1 Å². The second kappa shape index (κ2) is 7.41. The van der Waals surface area contributed by atoms with Gasteiger partial charge in [-0.15, -0.1) is 0 Å². The number of carbonyl (C=O) groups is 2. The van der Waals surface area contributed by atoms with Crippen molar-refractivity contribution >= 4 is 17.5 Å². The lowest BCUT2D eigenvalue weighted by Gasteiger charge is -2.07. The number of aromatic nitrogens is 2. The molecule has 2 aromatic carbocycles. The average molecular weight is 362 g/mol. The predicted molar refractivity (Wildman–Crippen MR) is 99.1 cm³/mol. The van der Waals surface area contributed by atoms with Crippen molar-refractivity contribution in [3.05, 3.63) is 66.1 Å². The zero-order valence-electron chi connectivity index (χ0n) is 14.5. The predicted octanol–water partition coefficient (Wildman–Crippen LogP) is 2.98. The van der Waals surface area contributed by atoms with E-state index in [-0.39, 0.29) is 18.4 Å². The molecule has 7 heteroatoms. The molecule has 3 aromatic rings. The first-order chi connectivity index (χ1) is 13.2. The zero-order valence-corrected chi connectivity index (χ0v) is 14.5. The van der Waals surface area contributed by atoms with Crippen molar-refractivity contribution in [2.75, 3.05) is 11.9 Å². The van der Waals surface area contributed by atoms with Crippen molar-refractivity contribution in [3.63, 3.8) is 0 Å². The quantitative estimate of drug-likeness (QED) is 0.703. The molecule has 0 bridgehead atoms. The van der Waals surface area contributed by atoms with E-state index in [0.29, 0.717) is 28.9 Å². The third-order valence-electron chi connectivity index (χ3n) is 4.22. The fourth-order valence-electron chi connectivity index (χ4n) is 2.64. The summed E-state index contributed by atoms with van der Waals surface area (Å²) < 4.78 is 5.27. The summed E-state index contributed by atoms with van der Waals surface area (Å²) in [5, 5.41) is 9.36. The zero-order chi connectivity index (χ0) is 18.6. The monoisotopic (exact) mass is 362 g/mol. The third-order valence-corrected chi connectivity index (χ3v) is 4.22. The molecule has 1 aliphatic rings. The van der Waals surface area contributed by atoms with Crippen molar-refractivity contribution in [2.45, 2.75) is 18.8 Å². The van der Waals surface area contributed by atoms with Gasteiger partial charge in [0.1, 0.15) is 0 Å². The van der Waals surface area contributed by atoms with E-state index in [1.165, 1.54) is 0 Å². The highest BCUT2D eigenvalue weighted by atomic mass is 16.5. The Labute approximate surface area is 155 Å². The van der Waals surface area contributed by atoms with Crippen molar-refractivity contribution in [2.24, 2.45) is 0 Å². The molecular formula is C20H18N4O3. The fourth-order valence-corrected chi connectivity index (χ4v) is 2.64. The van der Waals surface area contributed by atoms with Crippen LogP contribution < -0.4 is 10.6 Å². The van der Waals surface area contributed by atoms with Gasteiger partial charge in [-0.25, -0.2) is 0 Å². The highest BCUT2D eigenvalue weighted by Crippen LogP contribution is 2.39. The fraction of sp³-hybridized carbons (Fsp3) is 0.200. The molecule has 4 rings (SSSR count). The molecule has 1 aromatic heterocycles. The van der Waals surface area contributed by atoms with E-state index in [2.05, 4.69) is 20.8 Å². The highest BCUT2D eigenvalue weighted by molar-refractivity contribution is 5.99. The number of benzene rings is 2. The number of hydrogen-bond donors (Lipinski definition) is 2. The first kappa shape index (κ1) is 17.0. The molecule has 1 heterocycles. The van der Waals surface area contributed by atoms with Crippen LogP contribution in [0.5, 0.6) is 0 Å². The molecule has 0 saturated heterocycles. The topological polar surface area (TPSA) is 97.1 Å². The molecule has 0 unspecified atom stereocenters. The first-order valence-electron chi connectivity index (χ1n) is 8.76. The minimum atomic E-state index is -0.316. The molecule has 136 valence electrons. The van der Waals surface area contributed by atoms with Crippen LogP contribution in [0.2, 0.25) is 0 Å². The van der Waals surface area contributed by atoms with Gasteiger partial charge in [0.2, 0.25) is 17.6 Å². The molecule has 1 saturated carbocycles. The molecule has 7 nitrogen and oxygen atoms in total. The summed E-state index contributed by atoms with van der Waals surface area (Å²) in [4.78, 5) is 28.5. The number of nitrogens with zero attached hydrogens (tertiary/aromatic N) is 2. The number of nitrogens with one attached hydrogen (secondary N) is 2. The lowest BCUT2D eigenvalue weighted by atomic mass is 10.2. The number of hydrogen-bond acceptors (Lipinski definition) is 5. The van der Waals surface area contributed by atoms with E-state index in [1.54, 1.807) is 42.5 Å². The Bertz CT molecular complexity index is 964. The summed E-state index contributed by atoms with van der Waals surface area (Å²) in [5.74, 6) is 0.956. The number of anilines is 1. The molecular weight excluding hydrogens is 344 g/mol. The summed E-state index contributed by atoms with van der Waals surface area (Å²) >= 11 is 0. The van der Waals surface area contributed by atoms with E-state index in [9.17, 15) is 9.59 Å². The molecule has 27 heavy (non-hydrogen) atoms. The van der Waals surface area contributed by atoms with Crippen LogP contribution in [0.25, 0.3) is 11.4 Å². The first-order valence-corrected chi connectivity index (χ1v) is 8.76. The minimum Gasteiger partial charge on any atom is -0.343 e. The normalized spacial score (nSPS) is 13.2. The number of amides is 2. The standard InChI is InChI=1S/C20H18N4O3/c25-17(12-21-19(26)13-5-2-1-3-6-13)22-16-8-4-7-15(11-16)18-23-20(27-24-18)14-9-10-14/h1-8,11,14H,9-10,12H2,(H,21,26)(H,22,25). The van der Waals surface area contributed by atoms with E-state index in [0.717, 1.165) is 18.4 Å². The van der Waals surface area contributed by atoms with Crippen LogP contribution in [0, 0.1) is 0 Å². The van der Waals surface area contributed by atoms with Crippen LogP contribution >= 0.6 is 0 Å². The van der Waals surface area contributed by atoms with Gasteiger partial charge in [0.05, 0.1) is 6.54 Å². The maximum Gasteiger partial charge on any atom is 0.251 e. The highest BCUT2D eigenvalue weighted by Gasteiger charge is 2.29. The number of rotatable bonds is 6. The Balaban J connectivity index is 1.36. The third kappa shape index (κ3) is 4.20. The second-order valence-corrected chi connectivity index (χ2v) is 6.41. The van der Waals surface area contributed by atoms with Gasteiger partial charge >= 0.3 is 0 Å². The van der Waals surface area contributed by atoms with Gasteiger partial charge in [-0.05, 0) is 37.1 Å². The maximum absolute atomic E-state index is 12.1. The van der Waals surface area contributed by atoms with Gasteiger partial charge in [-0.2, -0.15) is 4.98 Å². The Morgan fingerprint density at radius 1 is 1.07 bits per heavy atom. The molecule has 0 atom stereocenters. The largest absolute Gasteiger partial charge is 0.343 e. The van der Waals surface area contributed by atoms with Crippen molar-refractivity contribution in [1.82, 2.24) is 15.5 Å². The lowest BCUT2D eigenvalue weighted by molar-refractivity contribution is -0.115. The van der Waals surface area contributed by atoms with Gasteiger partial charge in [0, 0.05) is 22.7 Å². The van der Waals surface area contributed by atoms with Crippen LogP contribution in [0.4, 0.5) is 5.69 Å². The Hall–Kier alpha value is -3.48. The smallest absolute Gasteiger partial charge is 0.251 e. The van der Waals surface area contributed by atoms with Crippen LogP contribution in [0.3, 0.4) is 0 Å².